The van der Waals surface area contributed by atoms with Crippen LogP contribution in [-0.2, 0) is 13.0 Å². The van der Waals surface area contributed by atoms with E-state index >= 15 is 0 Å². The van der Waals surface area contributed by atoms with Gasteiger partial charge in [0.1, 0.15) is 0 Å². The maximum Gasteiger partial charge on any atom is 0.322 e. The smallest absolute Gasteiger partial charge is 0.322 e. The highest BCUT2D eigenvalue weighted by Gasteiger charge is 2.24. The number of carbonyl (C=O) groups excluding carboxylic acids is 2. The van der Waals surface area contributed by atoms with E-state index in [2.05, 4.69) is 20.9 Å². The van der Waals surface area contributed by atoms with E-state index < -0.39 is 0 Å². The normalized spacial score (nSPS) is 13.3. The Labute approximate surface area is 160 Å². The summed E-state index contributed by atoms with van der Waals surface area (Å²) < 4.78 is 0. The van der Waals surface area contributed by atoms with Gasteiger partial charge in [0.25, 0.3) is 0 Å². The molecule has 3 N–H and O–H groups in total. The maximum atomic E-state index is 12.5. The number of aromatic nitrogens is 1. The molecule has 0 fully saturated rings. The van der Waals surface area contributed by atoms with Crippen LogP contribution in [0.5, 0.6) is 0 Å². The lowest BCUT2D eigenvalue weighted by molar-refractivity contribution is 0.207. The number of anilines is 2. The number of rotatable bonds is 3. The average Bonchev–Trinajstić information content (AvgIpc) is 2.97. The summed E-state index contributed by atoms with van der Waals surface area (Å²) in [4.78, 5) is 31.4. The van der Waals surface area contributed by atoms with Gasteiger partial charge in [0.15, 0.2) is 5.13 Å². The molecule has 2 aromatic rings. The second-order valence-corrected chi connectivity index (χ2v) is 7.77. The van der Waals surface area contributed by atoms with Crippen molar-refractivity contribution in [3.05, 3.63) is 39.9 Å². The van der Waals surface area contributed by atoms with Crippen molar-refractivity contribution in [3.63, 3.8) is 0 Å². The molecule has 9 heteroatoms. The number of amides is 4. The first kappa shape index (κ1) is 18.5. The minimum absolute atomic E-state index is 0.0524. The molecule has 0 atom stereocenters. The number of fused-ring (bicyclic) bond motifs is 1. The van der Waals surface area contributed by atoms with Gasteiger partial charge in [-0.25, -0.2) is 14.6 Å². The van der Waals surface area contributed by atoms with E-state index in [1.165, 1.54) is 11.3 Å². The van der Waals surface area contributed by atoms with E-state index in [4.69, 9.17) is 11.6 Å². The number of nitrogens with zero attached hydrogens (tertiary/aromatic N) is 2. The third kappa shape index (κ3) is 4.64. The van der Waals surface area contributed by atoms with Crippen LogP contribution < -0.4 is 16.0 Å². The van der Waals surface area contributed by atoms with Crippen molar-refractivity contribution in [1.82, 2.24) is 15.2 Å². The van der Waals surface area contributed by atoms with Gasteiger partial charge in [0.05, 0.1) is 12.2 Å². The van der Waals surface area contributed by atoms with Crippen LogP contribution in [0.25, 0.3) is 0 Å². The molecule has 4 amide bonds. The SMILES string of the molecule is CC(C)NC(=O)Nc1nc2c(s1)CN(C(=O)Nc1ccc(Cl)cc1)CC2. The number of hydrogen-bond acceptors (Lipinski definition) is 4. The molecule has 0 radical (unpaired) electrons. The summed E-state index contributed by atoms with van der Waals surface area (Å²) >= 11 is 7.25. The van der Waals surface area contributed by atoms with E-state index in [0.29, 0.717) is 35.4 Å². The van der Waals surface area contributed by atoms with Crippen LogP contribution in [0.4, 0.5) is 20.4 Å². The van der Waals surface area contributed by atoms with Gasteiger partial charge in [-0.15, -0.1) is 0 Å². The highest BCUT2D eigenvalue weighted by Crippen LogP contribution is 2.28. The molecular weight excluding hydrogens is 374 g/mol. The third-order valence-electron chi connectivity index (χ3n) is 3.75. The van der Waals surface area contributed by atoms with Gasteiger partial charge in [-0.05, 0) is 38.1 Å². The van der Waals surface area contributed by atoms with Gasteiger partial charge < -0.3 is 15.5 Å². The summed E-state index contributed by atoms with van der Waals surface area (Å²) in [5, 5.41) is 9.54. The standard InChI is InChI=1S/C17H20ClN5O2S/c1-10(2)19-15(24)22-16-21-13-7-8-23(9-14(13)26-16)17(25)20-12-5-3-11(18)4-6-12/h3-6,10H,7-9H2,1-2H3,(H,20,25)(H2,19,21,22,24). The fourth-order valence-electron chi connectivity index (χ4n) is 2.55. The predicted octanol–water partition coefficient (Wildman–Crippen LogP) is 3.92. The van der Waals surface area contributed by atoms with Crippen molar-refractivity contribution in [2.75, 3.05) is 17.2 Å². The van der Waals surface area contributed by atoms with E-state index in [0.717, 1.165) is 10.6 Å². The molecule has 3 rings (SSSR count). The van der Waals surface area contributed by atoms with Gasteiger partial charge in [-0.3, -0.25) is 5.32 Å². The molecular formula is C17H20ClN5O2S. The monoisotopic (exact) mass is 393 g/mol. The van der Waals surface area contributed by atoms with Crippen LogP contribution in [0, 0.1) is 0 Å². The fraction of sp³-hybridized carbons (Fsp3) is 0.353. The molecule has 1 aromatic heterocycles. The molecule has 138 valence electrons. The molecule has 0 saturated heterocycles. The predicted molar refractivity (Wildman–Crippen MR) is 104 cm³/mol. The molecule has 0 bridgehead atoms. The van der Waals surface area contributed by atoms with Gasteiger partial charge in [0, 0.05) is 34.6 Å². The Balaban J connectivity index is 1.61. The van der Waals surface area contributed by atoms with Crippen LogP contribution in [0.3, 0.4) is 0 Å². The molecule has 1 aliphatic heterocycles. The van der Waals surface area contributed by atoms with E-state index in [9.17, 15) is 9.59 Å². The zero-order valence-electron chi connectivity index (χ0n) is 14.5. The van der Waals surface area contributed by atoms with Crippen molar-refractivity contribution in [3.8, 4) is 0 Å². The van der Waals surface area contributed by atoms with E-state index in [-0.39, 0.29) is 18.1 Å². The molecule has 0 unspecified atom stereocenters. The molecule has 1 aliphatic rings. The van der Waals surface area contributed by atoms with Crippen LogP contribution in [0.2, 0.25) is 5.02 Å². The van der Waals surface area contributed by atoms with Gasteiger partial charge in [0.2, 0.25) is 0 Å². The molecule has 0 aliphatic carbocycles. The molecule has 2 heterocycles. The van der Waals surface area contributed by atoms with Crippen LogP contribution in [-0.4, -0.2) is 34.5 Å². The molecule has 1 aromatic carbocycles. The van der Waals surface area contributed by atoms with Gasteiger partial charge in [-0.1, -0.05) is 22.9 Å². The van der Waals surface area contributed by atoms with E-state index in [1.54, 1.807) is 29.2 Å². The maximum absolute atomic E-state index is 12.5. The second kappa shape index (κ2) is 7.92. The van der Waals surface area contributed by atoms with Crippen LogP contribution >= 0.6 is 22.9 Å². The largest absolute Gasteiger partial charge is 0.336 e. The summed E-state index contributed by atoms with van der Waals surface area (Å²) in [5.41, 5.74) is 1.63. The number of hydrogen-bond donors (Lipinski definition) is 3. The lowest BCUT2D eigenvalue weighted by Crippen LogP contribution is -2.38. The first-order chi connectivity index (χ1) is 12.4. The molecule has 0 saturated carbocycles. The average molecular weight is 394 g/mol. The van der Waals surface area contributed by atoms with Crippen molar-refractivity contribution in [2.24, 2.45) is 0 Å². The van der Waals surface area contributed by atoms with Gasteiger partial charge in [-0.2, -0.15) is 0 Å². The van der Waals surface area contributed by atoms with Crippen LogP contribution in [0.15, 0.2) is 24.3 Å². The van der Waals surface area contributed by atoms with Crippen molar-refractivity contribution < 1.29 is 9.59 Å². The van der Waals surface area contributed by atoms with Gasteiger partial charge >= 0.3 is 12.1 Å². The molecule has 0 spiro atoms. The second-order valence-electron chi connectivity index (χ2n) is 6.25. The van der Waals surface area contributed by atoms with Crippen LogP contribution in [0.1, 0.15) is 24.4 Å². The first-order valence-electron chi connectivity index (χ1n) is 8.28. The summed E-state index contributed by atoms with van der Waals surface area (Å²) in [6, 6.07) is 6.59. The fourth-order valence-corrected chi connectivity index (χ4v) is 3.70. The third-order valence-corrected chi connectivity index (χ3v) is 5.00. The highest BCUT2D eigenvalue weighted by atomic mass is 35.5. The Morgan fingerprint density at radius 3 is 2.65 bits per heavy atom. The number of carbonyl (C=O) groups is 2. The number of urea groups is 2. The number of nitrogens with one attached hydrogen (secondary N) is 3. The molecule has 26 heavy (non-hydrogen) atoms. The Morgan fingerprint density at radius 1 is 1.23 bits per heavy atom. The first-order valence-corrected chi connectivity index (χ1v) is 9.48. The van der Waals surface area contributed by atoms with Crippen molar-refractivity contribution >= 4 is 45.8 Å². The minimum atomic E-state index is -0.275. The Kier molecular flexibility index (Phi) is 5.63. The van der Waals surface area contributed by atoms with E-state index in [1.807, 2.05) is 13.8 Å². The summed E-state index contributed by atoms with van der Waals surface area (Å²) in [6.45, 7) is 4.83. The summed E-state index contributed by atoms with van der Waals surface area (Å²) in [5.74, 6) is 0. The lowest BCUT2D eigenvalue weighted by Gasteiger charge is -2.26. The zero-order valence-corrected chi connectivity index (χ0v) is 16.1. The Morgan fingerprint density at radius 2 is 1.96 bits per heavy atom. The molecule has 7 nitrogen and oxygen atoms in total. The summed E-state index contributed by atoms with van der Waals surface area (Å²) in [7, 11) is 0. The Hall–Kier alpha value is -2.32. The van der Waals surface area contributed by atoms with Crippen molar-refractivity contribution in [1.29, 1.82) is 0 Å². The lowest BCUT2D eigenvalue weighted by atomic mass is 10.2. The number of halogens is 1. The minimum Gasteiger partial charge on any atom is -0.336 e. The van der Waals surface area contributed by atoms with Crippen molar-refractivity contribution in [2.45, 2.75) is 32.9 Å². The summed E-state index contributed by atoms with van der Waals surface area (Å²) in [6.07, 6.45) is 0.660. The number of benzene rings is 1. The quantitative estimate of drug-likeness (QED) is 0.738. The zero-order chi connectivity index (χ0) is 18.7. The topological polar surface area (TPSA) is 86.4 Å². The Bertz CT molecular complexity index is 806. The highest BCUT2D eigenvalue weighted by molar-refractivity contribution is 7.15. The number of thiazole rings is 1.